The lowest BCUT2D eigenvalue weighted by Crippen LogP contribution is -2.40. The van der Waals surface area contributed by atoms with Crippen LogP contribution in [-0.4, -0.2) is 26.8 Å². The van der Waals surface area contributed by atoms with Crippen LogP contribution >= 0.6 is 11.6 Å². The maximum Gasteiger partial charge on any atom is 0.417 e. The smallest absolute Gasteiger partial charge is 0.384 e. The van der Waals surface area contributed by atoms with E-state index in [0.29, 0.717) is 6.61 Å². The molecule has 1 N–H and O–H groups in total. The topological polar surface area (TPSA) is 21.3 Å². The van der Waals surface area contributed by atoms with Gasteiger partial charge in [-0.25, -0.2) is 0 Å². The van der Waals surface area contributed by atoms with E-state index >= 15 is 0 Å². The van der Waals surface area contributed by atoms with Crippen molar-refractivity contribution in [3.8, 4) is 0 Å². The fourth-order valence-corrected chi connectivity index (χ4v) is 4.15. The second-order valence-corrected chi connectivity index (χ2v) is 6.50. The van der Waals surface area contributed by atoms with E-state index < -0.39 is 11.7 Å². The Morgan fingerprint density at radius 3 is 2.76 bits per heavy atom. The van der Waals surface area contributed by atoms with Crippen LogP contribution in [0.3, 0.4) is 0 Å². The van der Waals surface area contributed by atoms with Gasteiger partial charge in [-0.15, -0.1) is 0 Å². The molecule has 2 fully saturated rings. The zero-order valence-corrected chi connectivity index (χ0v) is 12.4. The molecule has 1 aliphatic heterocycles. The molecule has 0 amide bonds. The van der Waals surface area contributed by atoms with E-state index in [0.717, 1.165) is 37.6 Å². The molecule has 116 valence electrons. The van der Waals surface area contributed by atoms with Gasteiger partial charge in [-0.1, -0.05) is 17.7 Å². The van der Waals surface area contributed by atoms with Crippen LogP contribution in [0.15, 0.2) is 18.2 Å². The third kappa shape index (κ3) is 2.26. The molecule has 0 radical (unpaired) electrons. The normalized spacial score (nSPS) is 31.9. The Morgan fingerprint density at radius 1 is 1.38 bits per heavy atom. The van der Waals surface area contributed by atoms with E-state index in [1.807, 2.05) is 0 Å². The summed E-state index contributed by atoms with van der Waals surface area (Å²) in [6, 6.07) is 4.18. The second-order valence-electron chi connectivity index (χ2n) is 6.09. The molecule has 0 unspecified atom stereocenters. The lowest BCUT2D eigenvalue weighted by atomic mass is 9.81. The van der Waals surface area contributed by atoms with Crippen molar-refractivity contribution in [1.29, 1.82) is 0 Å². The van der Waals surface area contributed by atoms with Crippen LogP contribution in [-0.2, 0) is 16.3 Å². The number of methoxy groups -OCH3 is 1. The van der Waals surface area contributed by atoms with Gasteiger partial charge in [0.1, 0.15) is 0 Å². The van der Waals surface area contributed by atoms with Crippen molar-refractivity contribution in [3.05, 3.63) is 34.3 Å². The largest absolute Gasteiger partial charge is 0.417 e. The van der Waals surface area contributed by atoms with E-state index in [2.05, 4.69) is 5.32 Å². The van der Waals surface area contributed by atoms with E-state index in [-0.39, 0.29) is 15.9 Å². The summed E-state index contributed by atoms with van der Waals surface area (Å²) >= 11 is 5.87. The van der Waals surface area contributed by atoms with Gasteiger partial charge >= 0.3 is 6.18 Å². The monoisotopic (exact) mass is 319 g/mol. The number of piperidine rings is 1. The van der Waals surface area contributed by atoms with Crippen LogP contribution in [0.1, 0.15) is 24.0 Å². The molecular weight excluding hydrogens is 303 g/mol. The highest BCUT2D eigenvalue weighted by Crippen LogP contribution is 2.68. The number of rotatable bonds is 3. The minimum atomic E-state index is -4.41. The van der Waals surface area contributed by atoms with Gasteiger partial charge in [-0.05, 0) is 37.1 Å². The Labute approximate surface area is 126 Å². The van der Waals surface area contributed by atoms with Crippen molar-refractivity contribution in [2.45, 2.75) is 24.4 Å². The quantitative estimate of drug-likeness (QED) is 0.918. The van der Waals surface area contributed by atoms with Gasteiger partial charge < -0.3 is 10.1 Å². The number of benzene rings is 1. The molecular formula is C15H17ClF3NO. The number of alkyl halides is 3. The minimum absolute atomic E-state index is 0.0108. The minimum Gasteiger partial charge on any atom is -0.384 e. The molecule has 3 rings (SSSR count). The highest BCUT2D eigenvalue weighted by Gasteiger charge is 2.68. The van der Waals surface area contributed by atoms with Gasteiger partial charge in [0.05, 0.1) is 17.2 Å². The molecule has 0 aromatic heterocycles. The predicted molar refractivity (Wildman–Crippen MR) is 74.5 cm³/mol. The van der Waals surface area contributed by atoms with Gasteiger partial charge in [0.25, 0.3) is 0 Å². The van der Waals surface area contributed by atoms with Gasteiger partial charge in [0.2, 0.25) is 0 Å². The predicted octanol–water partition coefficient (Wildman–Crippen LogP) is 3.63. The molecule has 1 aromatic rings. The Hall–Kier alpha value is -0.780. The number of ether oxygens (including phenoxy) is 1. The number of hydrogen-bond donors (Lipinski definition) is 1. The molecule has 1 aromatic carbocycles. The van der Waals surface area contributed by atoms with Crippen LogP contribution in [0.2, 0.25) is 5.02 Å². The first-order chi connectivity index (χ1) is 9.85. The molecule has 2 nitrogen and oxygen atoms in total. The standard InChI is InChI=1S/C15H17ClF3NO/c1-21-9-13-7-14(13,4-5-20-8-13)10-2-3-11(12(16)6-10)15(17,18)19/h2-3,6,20H,4-5,7-9H2,1H3/t13-,14-/m1/s1. The summed E-state index contributed by atoms with van der Waals surface area (Å²) in [4.78, 5) is 0. The van der Waals surface area contributed by atoms with Gasteiger partial charge in [0.15, 0.2) is 0 Å². The van der Waals surface area contributed by atoms with E-state index in [1.54, 1.807) is 13.2 Å². The lowest BCUT2D eigenvalue weighted by Gasteiger charge is -2.31. The third-order valence-electron chi connectivity index (χ3n) is 4.97. The highest BCUT2D eigenvalue weighted by molar-refractivity contribution is 6.31. The summed E-state index contributed by atoms with van der Waals surface area (Å²) in [7, 11) is 1.66. The summed E-state index contributed by atoms with van der Waals surface area (Å²) < 4.78 is 43.8. The molecule has 21 heavy (non-hydrogen) atoms. The summed E-state index contributed by atoms with van der Waals surface area (Å²) in [6.45, 7) is 2.31. The number of fused-ring (bicyclic) bond motifs is 1. The molecule has 1 saturated carbocycles. The number of hydrogen-bond acceptors (Lipinski definition) is 2. The van der Waals surface area contributed by atoms with Crippen LogP contribution in [0, 0.1) is 5.41 Å². The lowest BCUT2D eigenvalue weighted by molar-refractivity contribution is -0.137. The zero-order valence-electron chi connectivity index (χ0n) is 11.7. The molecule has 6 heteroatoms. The Bertz CT molecular complexity index is 558. The maximum atomic E-state index is 12.8. The summed E-state index contributed by atoms with van der Waals surface area (Å²) in [6.07, 6.45) is -2.57. The summed E-state index contributed by atoms with van der Waals surface area (Å²) in [5, 5.41) is 3.14. The first-order valence-corrected chi connectivity index (χ1v) is 7.29. The van der Waals surface area contributed by atoms with E-state index in [1.165, 1.54) is 6.07 Å². The fraction of sp³-hybridized carbons (Fsp3) is 0.600. The maximum absolute atomic E-state index is 12.8. The van der Waals surface area contributed by atoms with Crippen molar-refractivity contribution in [1.82, 2.24) is 5.32 Å². The van der Waals surface area contributed by atoms with Crippen molar-refractivity contribution in [2.24, 2.45) is 5.41 Å². The van der Waals surface area contributed by atoms with Crippen LogP contribution < -0.4 is 5.32 Å². The van der Waals surface area contributed by atoms with Crippen molar-refractivity contribution in [3.63, 3.8) is 0 Å². The van der Waals surface area contributed by atoms with E-state index in [9.17, 15) is 13.2 Å². The first-order valence-electron chi connectivity index (χ1n) is 6.92. The van der Waals surface area contributed by atoms with Crippen LogP contribution in [0.4, 0.5) is 13.2 Å². The number of nitrogens with one attached hydrogen (secondary N) is 1. The van der Waals surface area contributed by atoms with Crippen molar-refractivity contribution >= 4 is 11.6 Å². The van der Waals surface area contributed by atoms with E-state index in [4.69, 9.17) is 16.3 Å². The van der Waals surface area contributed by atoms with Gasteiger partial charge in [0, 0.05) is 24.5 Å². The Morgan fingerprint density at radius 2 is 2.14 bits per heavy atom. The zero-order chi connectivity index (χ0) is 15.3. The molecule has 0 spiro atoms. The van der Waals surface area contributed by atoms with Crippen LogP contribution in [0.5, 0.6) is 0 Å². The molecule has 1 heterocycles. The molecule has 2 aliphatic rings. The summed E-state index contributed by atoms with van der Waals surface area (Å²) in [5.41, 5.74) is 0.0285. The Balaban J connectivity index is 1.96. The first kappa shape index (κ1) is 15.1. The average Bonchev–Trinajstić information content (AvgIpc) is 3.07. The molecule has 1 saturated heterocycles. The molecule has 2 atom stereocenters. The van der Waals surface area contributed by atoms with Crippen LogP contribution in [0.25, 0.3) is 0 Å². The summed E-state index contributed by atoms with van der Waals surface area (Å²) in [5.74, 6) is 0. The van der Waals surface area contributed by atoms with Gasteiger partial charge in [-0.3, -0.25) is 0 Å². The van der Waals surface area contributed by atoms with Crippen molar-refractivity contribution in [2.75, 3.05) is 26.8 Å². The fourth-order valence-electron chi connectivity index (χ4n) is 3.86. The highest BCUT2D eigenvalue weighted by atomic mass is 35.5. The Kier molecular flexibility index (Phi) is 3.50. The second kappa shape index (κ2) is 4.86. The molecule has 1 aliphatic carbocycles. The average molecular weight is 320 g/mol. The van der Waals surface area contributed by atoms with Gasteiger partial charge in [-0.2, -0.15) is 13.2 Å². The molecule has 0 bridgehead atoms. The third-order valence-corrected chi connectivity index (χ3v) is 5.28. The number of halogens is 4. The SMILES string of the molecule is COC[C@@]12CNCC[C@]1(c1ccc(C(F)(F)F)c(Cl)c1)C2. The van der Waals surface area contributed by atoms with Crippen molar-refractivity contribution < 1.29 is 17.9 Å².